The average Bonchev–Trinajstić information content (AvgIpc) is 2.48. The molecule has 2 heterocycles. The standard InChI is InChI=1S/C15H10BrN3O/c16-12-8-11-2-1-3-13(14(11)18-9-12)19-15(20)10-4-6-17-7-5-10/h1-9H,(H,19,20). The van der Waals surface area contributed by atoms with Crippen LogP contribution in [0.3, 0.4) is 0 Å². The predicted octanol–water partition coefficient (Wildman–Crippen LogP) is 3.64. The Labute approximate surface area is 124 Å². The number of halogens is 1. The molecule has 0 aliphatic rings. The number of fused-ring (bicyclic) bond motifs is 1. The number of pyridine rings is 2. The third-order valence-electron chi connectivity index (χ3n) is 2.87. The van der Waals surface area contributed by atoms with Gasteiger partial charge in [-0.1, -0.05) is 12.1 Å². The van der Waals surface area contributed by atoms with Crippen LogP contribution in [-0.4, -0.2) is 15.9 Å². The van der Waals surface area contributed by atoms with Crippen molar-refractivity contribution in [2.75, 3.05) is 5.32 Å². The van der Waals surface area contributed by atoms with Gasteiger partial charge in [0.25, 0.3) is 5.91 Å². The zero-order valence-corrected chi connectivity index (χ0v) is 12.0. The molecule has 0 saturated heterocycles. The van der Waals surface area contributed by atoms with E-state index in [2.05, 4.69) is 31.2 Å². The maximum Gasteiger partial charge on any atom is 0.255 e. The highest BCUT2D eigenvalue weighted by atomic mass is 79.9. The number of anilines is 1. The van der Waals surface area contributed by atoms with Gasteiger partial charge < -0.3 is 5.32 Å². The molecule has 0 atom stereocenters. The summed E-state index contributed by atoms with van der Waals surface area (Å²) < 4.78 is 0.905. The molecule has 1 N–H and O–H groups in total. The van der Waals surface area contributed by atoms with Gasteiger partial charge in [-0.05, 0) is 40.2 Å². The molecule has 1 amide bonds. The maximum atomic E-state index is 12.1. The van der Waals surface area contributed by atoms with Crippen molar-refractivity contribution in [2.24, 2.45) is 0 Å². The Kier molecular flexibility index (Phi) is 3.43. The Morgan fingerprint density at radius 3 is 2.75 bits per heavy atom. The van der Waals surface area contributed by atoms with E-state index in [9.17, 15) is 4.79 Å². The number of nitrogens with one attached hydrogen (secondary N) is 1. The maximum absolute atomic E-state index is 12.1. The van der Waals surface area contributed by atoms with Crippen molar-refractivity contribution in [1.82, 2.24) is 9.97 Å². The molecule has 4 nitrogen and oxygen atoms in total. The van der Waals surface area contributed by atoms with E-state index in [0.29, 0.717) is 11.3 Å². The fourth-order valence-electron chi connectivity index (χ4n) is 1.93. The number of aromatic nitrogens is 2. The minimum absolute atomic E-state index is 0.176. The number of hydrogen-bond donors (Lipinski definition) is 1. The number of nitrogens with zero attached hydrogens (tertiary/aromatic N) is 2. The van der Waals surface area contributed by atoms with E-state index in [4.69, 9.17) is 0 Å². The Bertz CT molecular complexity index is 774. The molecule has 0 saturated carbocycles. The first-order chi connectivity index (χ1) is 9.74. The first-order valence-corrected chi connectivity index (χ1v) is 6.79. The van der Waals surface area contributed by atoms with Crippen LogP contribution in [0.4, 0.5) is 5.69 Å². The second-order valence-electron chi connectivity index (χ2n) is 4.22. The number of amides is 1. The van der Waals surface area contributed by atoms with Gasteiger partial charge in [-0.2, -0.15) is 0 Å². The third-order valence-corrected chi connectivity index (χ3v) is 3.30. The number of benzene rings is 1. The van der Waals surface area contributed by atoms with E-state index in [1.54, 1.807) is 30.7 Å². The highest BCUT2D eigenvalue weighted by molar-refractivity contribution is 9.10. The summed E-state index contributed by atoms with van der Waals surface area (Å²) in [6, 6.07) is 11.0. The van der Waals surface area contributed by atoms with Crippen LogP contribution >= 0.6 is 15.9 Å². The van der Waals surface area contributed by atoms with Crippen molar-refractivity contribution in [3.05, 3.63) is 65.0 Å². The average molecular weight is 328 g/mol. The van der Waals surface area contributed by atoms with E-state index in [-0.39, 0.29) is 5.91 Å². The lowest BCUT2D eigenvalue weighted by atomic mass is 10.2. The SMILES string of the molecule is O=C(Nc1cccc2cc(Br)cnc12)c1ccncc1. The smallest absolute Gasteiger partial charge is 0.255 e. The summed E-state index contributed by atoms with van der Waals surface area (Å²) in [5, 5.41) is 3.84. The predicted molar refractivity (Wildman–Crippen MR) is 81.6 cm³/mol. The van der Waals surface area contributed by atoms with Gasteiger partial charge in [-0.15, -0.1) is 0 Å². The van der Waals surface area contributed by atoms with E-state index >= 15 is 0 Å². The van der Waals surface area contributed by atoms with Gasteiger partial charge in [0.2, 0.25) is 0 Å². The third kappa shape index (κ3) is 2.53. The monoisotopic (exact) mass is 327 g/mol. The molecule has 0 radical (unpaired) electrons. The molecule has 0 unspecified atom stereocenters. The van der Waals surface area contributed by atoms with E-state index < -0.39 is 0 Å². The number of carbonyl (C=O) groups is 1. The fraction of sp³-hybridized carbons (Fsp3) is 0. The van der Waals surface area contributed by atoms with Gasteiger partial charge in [0, 0.05) is 34.0 Å². The van der Waals surface area contributed by atoms with E-state index in [1.807, 2.05) is 24.3 Å². The van der Waals surface area contributed by atoms with Crippen molar-refractivity contribution >= 4 is 38.4 Å². The van der Waals surface area contributed by atoms with Crippen LogP contribution in [0.15, 0.2) is 59.5 Å². The van der Waals surface area contributed by atoms with Crippen LogP contribution in [0.1, 0.15) is 10.4 Å². The zero-order valence-electron chi connectivity index (χ0n) is 10.4. The molecule has 0 spiro atoms. The second kappa shape index (κ2) is 5.38. The van der Waals surface area contributed by atoms with Gasteiger partial charge in [0.15, 0.2) is 0 Å². The topological polar surface area (TPSA) is 54.9 Å². The lowest BCUT2D eigenvalue weighted by Crippen LogP contribution is -2.12. The van der Waals surface area contributed by atoms with Crippen molar-refractivity contribution in [3.63, 3.8) is 0 Å². The molecular formula is C15H10BrN3O. The molecule has 0 bridgehead atoms. The van der Waals surface area contributed by atoms with Crippen LogP contribution in [0.5, 0.6) is 0 Å². The molecule has 0 fully saturated rings. The van der Waals surface area contributed by atoms with Crippen molar-refractivity contribution in [1.29, 1.82) is 0 Å². The molecule has 3 rings (SSSR count). The number of para-hydroxylation sites is 1. The first kappa shape index (κ1) is 12.7. The van der Waals surface area contributed by atoms with Crippen LogP contribution in [0.2, 0.25) is 0 Å². The summed E-state index contributed by atoms with van der Waals surface area (Å²) in [7, 11) is 0. The molecule has 1 aromatic carbocycles. The van der Waals surface area contributed by atoms with Gasteiger partial charge in [-0.25, -0.2) is 0 Å². The Balaban J connectivity index is 1.97. The highest BCUT2D eigenvalue weighted by Crippen LogP contribution is 2.24. The fourth-order valence-corrected chi connectivity index (χ4v) is 2.28. The summed E-state index contributed by atoms with van der Waals surface area (Å²) in [5.74, 6) is -0.176. The summed E-state index contributed by atoms with van der Waals surface area (Å²) in [5.41, 5.74) is 2.02. The highest BCUT2D eigenvalue weighted by Gasteiger charge is 2.08. The van der Waals surface area contributed by atoms with Crippen LogP contribution in [-0.2, 0) is 0 Å². The van der Waals surface area contributed by atoms with Gasteiger partial charge in [0.05, 0.1) is 11.2 Å². The van der Waals surface area contributed by atoms with Crippen LogP contribution < -0.4 is 5.32 Å². The van der Waals surface area contributed by atoms with Crippen molar-refractivity contribution in [3.8, 4) is 0 Å². The Hall–Kier alpha value is -2.27. The molecule has 0 aliphatic carbocycles. The normalized spacial score (nSPS) is 10.4. The number of rotatable bonds is 2. The Morgan fingerprint density at radius 2 is 1.95 bits per heavy atom. The largest absolute Gasteiger partial charge is 0.320 e. The van der Waals surface area contributed by atoms with Gasteiger partial charge in [-0.3, -0.25) is 14.8 Å². The minimum Gasteiger partial charge on any atom is -0.320 e. The van der Waals surface area contributed by atoms with E-state index in [1.165, 1.54) is 0 Å². The number of hydrogen-bond acceptors (Lipinski definition) is 3. The molecule has 2 aromatic heterocycles. The second-order valence-corrected chi connectivity index (χ2v) is 5.14. The summed E-state index contributed by atoms with van der Waals surface area (Å²) in [6.07, 6.45) is 4.89. The molecule has 5 heteroatoms. The lowest BCUT2D eigenvalue weighted by molar-refractivity contribution is 0.102. The summed E-state index contributed by atoms with van der Waals surface area (Å²) in [4.78, 5) is 20.4. The van der Waals surface area contributed by atoms with Crippen LogP contribution in [0, 0.1) is 0 Å². The van der Waals surface area contributed by atoms with E-state index in [0.717, 1.165) is 15.4 Å². The lowest BCUT2D eigenvalue weighted by Gasteiger charge is -2.08. The molecule has 3 aromatic rings. The van der Waals surface area contributed by atoms with Crippen LogP contribution in [0.25, 0.3) is 10.9 Å². The van der Waals surface area contributed by atoms with Crippen molar-refractivity contribution in [2.45, 2.75) is 0 Å². The number of carbonyl (C=O) groups excluding carboxylic acids is 1. The molecule has 98 valence electrons. The minimum atomic E-state index is -0.176. The van der Waals surface area contributed by atoms with Gasteiger partial charge in [0.1, 0.15) is 0 Å². The van der Waals surface area contributed by atoms with Gasteiger partial charge >= 0.3 is 0 Å². The molecule has 20 heavy (non-hydrogen) atoms. The summed E-state index contributed by atoms with van der Waals surface area (Å²) >= 11 is 3.39. The zero-order chi connectivity index (χ0) is 13.9. The molecular weight excluding hydrogens is 318 g/mol. The Morgan fingerprint density at radius 1 is 1.15 bits per heavy atom. The summed E-state index contributed by atoms with van der Waals surface area (Å²) in [6.45, 7) is 0. The first-order valence-electron chi connectivity index (χ1n) is 6.00. The van der Waals surface area contributed by atoms with Crippen molar-refractivity contribution < 1.29 is 4.79 Å². The quantitative estimate of drug-likeness (QED) is 0.781. The molecule has 0 aliphatic heterocycles.